The summed E-state index contributed by atoms with van der Waals surface area (Å²) in [4.78, 5) is 10.8. The Morgan fingerprint density at radius 3 is 1.87 bits per heavy atom. The number of hydrogen-bond acceptors (Lipinski definition) is 4. The van der Waals surface area contributed by atoms with Crippen molar-refractivity contribution in [3.8, 4) is 0 Å². The van der Waals surface area contributed by atoms with Crippen LogP contribution in [0.5, 0.6) is 0 Å². The Labute approximate surface area is 138 Å². The second kappa shape index (κ2) is 11.0. The van der Waals surface area contributed by atoms with Crippen LogP contribution in [-0.2, 0) is 25.8 Å². The van der Waals surface area contributed by atoms with Crippen LogP contribution < -0.4 is 22.5 Å². The Bertz CT molecular complexity index is 492. The summed E-state index contributed by atoms with van der Waals surface area (Å²) in [6, 6.07) is 4.13. The third-order valence-corrected chi connectivity index (χ3v) is 3.97. The van der Waals surface area contributed by atoms with E-state index in [-0.39, 0.29) is 0 Å². The highest BCUT2D eigenvalue weighted by Crippen LogP contribution is 2.24. The summed E-state index contributed by atoms with van der Waals surface area (Å²) in [5.74, 6) is 0. The quantitative estimate of drug-likeness (QED) is 0.417. The Hall–Kier alpha value is -1.63. The number of nitrogens with one attached hydrogen (secondary N) is 1. The largest absolute Gasteiger partial charge is 0.465 e. The lowest BCUT2D eigenvalue weighted by Crippen LogP contribution is -2.22. The van der Waals surface area contributed by atoms with E-state index < -0.39 is 6.09 Å². The standard InChI is InChI=1S/C17H30N4O2/c18-9-1-4-13-7-8-14(12-21-17(22)23)16(6-3-11-20)15(13)5-2-10-19/h7-8,21H,1-6,9-12,18-20H2,(H,22,23). The lowest BCUT2D eigenvalue weighted by Gasteiger charge is -2.19. The summed E-state index contributed by atoms with van der Waals surface area (Å²) in [6.07, 6.45) is 4.46. The van der Waals surface area contributed by atoms with Gasteiger partial charge in [-0.1, -0.05) is 12.1 Å². The van der Waals surface area contributed by atoms with Gasteiger partial charge in [0, 0.05) is 6.54 Å². The van der Waals surface area contributed by atoms with Crippen molar-refractivity contribution >= 4 is 6.09 Å². The highest BCUT2D eigenvalue weighted by molar-refractivity contribution is 5.64. The molecule has 1 rings (SSSR count). The van der Waals surface area contributed by atoms with Crippen LogP contribution in [0.25, 0.3) is 0 Å². The zero-order valence-electron chi connectivity index (χ0n) is 13.8. The Balaban J connectivity index is 3.14. The zero-order valence-corrected chi connectivity index (χ0v) is 13.8. The first kappa shape index (κ1) is 19.4. The molecule has 0 spiro atoms. The zero-order chi connectivity index (χ0) is 17.1. The molecule has 1 aromatic carbocycles. The molecule has 0 aromatic heterocycles. The number of carbonyl (C=O) groups is 1. The minimum Gasteiger partial charge on any atom is -0.465 e. The van der Waals surface area contributed by atoms with E-state index in [2.05, 4.69) is 11.4 Å². The van der Waals surface area contributed by atoms with E-state index in [0.717, 1.165) is 44.1 Å². The van der Waals surface area contributed by atoms with Gasteiger partial charge < -0.3 is 27.6 Å². The molecule has 0 heterocycles. The number of rotatable bonds is 11. The van der Waals surface area contributed by atoms with E-state index in [4.69, 9.17) is 22.3 Å². The summed E-state index contributed by atoms with van der Waals surface area (Å²) in [7, 11) is 0. The van der Waals surface area contributed by atoms with Crippen molar-refractivity contribution < 1.29 is 9.90 Å². The molecule has 0 radical (unpaired) electrons. The number of amides is 1. The summed E-state index contributed by atoms with van der Waals surface area (Å²) in [6.45, 7) is 2.25. The molecule has 0 atom stereocenters. The van der Waals surface area contributed by atoms with Crippen molar-refractivity contribution in [3.05, 3.63) is 34.4 Å². The molecule has 0 aliphatic rings. The second-order valence-corrected chi connectivity index (χ2v) is 5.68. The average Bonchev–Trinajstić information content (AvgIpc) is 2.54. The van der Waals surface area contributed by atoms with Crippen LogP contribution in [0.2, 0.25) is 0 Å². The Morgan fingerprint density at radius 2 is 1.35 bits per heavy atom. The molecule has 6 nitrogen and oxygen atoms in total. The lowest BCUT2D eigenvalue weighted by molar-refractivity contribution is 0.194. The fourth-order valence-corrected chi connectivity index (χ4v) is 2.83. The van der Waals surface area contributed by atoms with Gasteiger partial charge in [0.05, 0.1) is 0 Å². The van der Waals surface area contributed by atoms with Gasteiger partial charge in [-0.05, 0) is 80.4 Å². The van der Waals surface area contributed by atoms with Crippen LogP contribution in [0.1, 0.15) is 41.5 Å². The van der Waals surface area contributed by atoms with Gasteiger partial charge in [0.1, 0.15) is 0 Å². The molecule has 0 unspecified atom stereocenters. The van der Waals surface area contributed by atoms with Gasteiger partial charge in [-0.25, -0.2) is 4.79 Å². The molecular weight excluding hydrogens is 292 g/mol. The van der Waals surface area contributed by atoms with Crippen molar-refractivity contribution in [1.82, 2.24) is 5.32 Å². The van der Waals surface area contributed by atoms with Crippen LogP contribution in [0.15, 0.2) is 12.1 Å². The predicted molar refractivity (Wildman–Crippen MR) is 93.4 cm³/mol. The minimum atomic E-state index is -1.01. The third kappa shape index (κ3) is 6.56. The van der Waals surface area contributed by atoms with Crippen molar-refractivity contribution in [1.29, 1.82) is 0 Å². The second-order valence-electron chi connectivity index (χ2n) is 5.68. The molecule has 0 aliphatic carbocycles. The van der Waals surface area contributed by atoms with Crippen molar-refractivity contribution in [2.45, 2.75) is 45.1 Å². The normalized spacial score (nSPS) is 10.7. The maximum atomic E-state index is 10.8. The predicted octanol–water partition coefficient (Wildman–Crippen LogP) is 1.13. The average molecular weight is 322 g/mol. The number of nitrogens with two attached hydrogens (primary N) is 3. The van der Waals surface area contributed by atoms with Gasteiger partial charge in [-0.15, -0.1) is 0 Å². The first-order valence-corrected chi connectivity index (χ1v) is 8.33. The molecule has 6 heteroatoms. The van der Waals surface area contributed by atoms with Crippen LogP contribution in [0.4, 0.5) is 4.79 Å². The molecule has 0 aliphatic heterocycles. The van der Waals surface area contributed by atoms with Gasteiger partial charge in [0.2, 0.25) is 0 Å². The van der Waals surface area contributed by atoms with Crippen molar-refractivity contribution in [3.63, 3.8) is 0 Å². The van der Waals surface area contributed by atoms with E-state index >= 15 is 0 Å². The maximum Gasteiger partial charge on any atom is 0.404 e. The summed E-state index contributed by atoms with van der Waals surface area (Å²) in [5.41, 5.74) is 21.9. The fourth-order valence-electron chi connectivity index (χ4n) is 2.83. The molecule has 1 amide bonds. The van der Waals surface area contributed by atoms with E-state index in [1.807, 2.05) is 6.07 Å². The Morgan fingerprint density at radius 1 is 0.870 bits per heavy atom. The van der Waals surface area contributed by atoms with Gasteiger partial charge in [-0.2, -0.15) is 0 Å². The van der Waals surface area contributed by atoms with Crippen LogP contribution in [0, 0.1) is 0 Å². The maximum absolute atomic E-state index is 10.8. The molecule has 0 saturated carbocycles. The number of benzene rings is 1. The molecule has 1 aromatic rings. The molecule has 8 N–H and O–H groups in total. The van der Waals surface area contributed by atoms with Gasteiger partial charge in [0.25, 0.3) is 0 Å². The monoisotopic (exact) mass is 322 g/mol. The summed E-state index contributed by atoms with van der Waals surface area (Å²) in [5, 5.41) is 11.3. The van der Waals surface area contributed by atoms with Crippen LogP contribution in [0.3, 0.4) is 0 Å². The summed E-state index contributed by atoms with van der Waals surface area (Å²) < 4.78 is 0. The van der Waals surface area contributed by atoms with E-state index in [1.54, 1.807) is 0 Å². The fraction of sp³-hybridized carbons (Fsp3) is 0.588. The van der Waals surface area contributed by atoms with Gasteiger partial charge in [0.15, 0.2) is 0 Å². The summed E-state index contributed by atoms with van der Waals surface area (Å²) >= 11 is 0. The molecule has 130 valence electrons. The lowest BCUT2D eigenvalue weighted by atomic mass is 9.88. The smallest absolute Gasteiger partial charge is 0.404 e. The van der Waals surface area contributed by atoms with E-state index in [1.165, 1.54) is 16.7 Å². The van der Waals surface area contributed by atoms with Crippen LogP contribution >= 0.6 is 0 Å². The van der Waals surface area contributed by atoms with Gasteiger partial charge >= 0.3 is 6.09 Å². The highest BCUT2D eigenvalue weighted by Gasteiger charge is 2.13. The minimum absolute atomic E-state index is 0.321. The third-order valence-electron chi connectivity index (χ3n) is 3.97. The van der Waals surface area contributed by atoms with Gasteiger partial charge in [-0.3, -0.25) is 0 Å². The van der Waals surface area contributed by atoms with Crippen LogP contribution in [-0.4, -0.2) is 30.8 Å². The number of aryl methyl sites for hydroxylation is 1. The van der Waals surface area contributed by atoms with Crippen molar-refractivity contribution in [2.75, 3.05) is 19.6 Å². The SMILES string of the molecule is NCCCc1ccc(CNC(=O)O)c(CCCN)c1CCCN. The Kier molecular flexibility index (Phi) is 9.28. The molecule has 0 fully saturated rings. The first-order valence-electron chi connectivity index (χ1n) is 8.33. The topological polar surface area (TPSA) is 127 Å². The highest BCUT2D eigenvalue weighted by atomic mass is 16.4. The molecule has 0 bridgehead atoms. The molecule has 23 heavy (non-hydrogen) atoms. The van der Waals surface area contributed by atoms with Crippen molar-refractivity contribution in [2.24, 2.45) is 17.2 Å². The first-order chi connectivity index (χ1) is 11.1. The number of hydrogen-bond donors (Lipinski definition) is 5. The molecular formula is C17H30N4O2. The van der Waals surface area contributed by atoms with E-state index in [9.17, 15) is 4.79 Å². The number of carboxylic acid groups (broad SMARTS) is 1. The van der Waals surface area contributed by atoms with E-state index in [0.29, 0.717) is 26.2 Å². The molecule has 0 saturated heterocycles.